The normalized spacial score (nSPS) is 12.9. The van der Waals surface area contributed by atoms with Crippen LogP contribution in [0.15, 0.2) is 41.5 Å². The maximum atomic E-state index is 14.0. The Hall–Kier alpha value is -3.56. The number of carbonyl (C=O) groups is 1. The van der Waals surface area contributed by atoms with Gasteiger partial charge in [0.05, 0.1) is 35.9 Å². The summed E-state index contributed by atoms with van der Waals surface area (Å²) < 4.78 is 20.7. The van der Waals surface area contributed by atoms with E-state index >= 15 is 0 Å². The third-order valence-corrected chi connectivity index (χ3v) is 5.68. The quantitative estimate of drug-likeness (QED) is 0.360. The molecule has 8 nitrogen and oxygen atoms in total. The van der Waals surface area contributed by atoms with Crippen molar-refractivity contribution >= 4 is 17.2 Å². The maximum Gasteiger partial charge on any atom is 0.257 e. The Bertz CT molecular complexity index is 1300. The molecular weight excluding hydrogens is 415 g/mol. The lowest BCUT2D eigenvalue weighted by Gasteiger charge is -2.15. The molecule has 1 atom stereocenters. The summed E-state index contributed by atoms with van der Waals surface area (Å²) in [6, 6.07) is 5.97. The van der Waals surface area contributed by atoms with E-state index in [2.05, 4.69) is 22.2 Å². The van der Waals surface area contributed by atoms with Crippen LogP contribution in [0, 0.1) is 5.82 Å². The van der Waals surface area contributed by atoms with Crippen molar-refractivity contribution in [1.29, 1.82) is 0 Å². The van der Waals surface area contributed by atoms with E-state index in [9.17, 15) is 19.1 Å². The molecule has 32 heavy (non-hydrogen) atoms. The minimum atomic E-state index is -1.47. The SMILES string of the molecule is C=C(NC)NCc1c2c(nc3cc(F)ccc13)-c1cc(C(O)C=O)c(COC)c(=O)n1C2. The lowest BCUT2D eigenvalue weighted by atomic mass is 9.99. The van der Waals surface area contributed by atoms with Gasteiger partial charge in [-0.05, 0) is 23.8 Å². The molecule has 9 heteroatoms. The van der Waals surface area contributed by atoms with Crippen molar-refractivity contribution in [1.82, 2.24) is 20.2 Å². The summed E-state index contributed by atoms with van der Waals surface area (Å²) in [6.07, 6.45) is -1.11. The van der Waals surface area contributed by atoms with Gasteiger partial charge in [-0.3, -0.25) is 4.79 Å². The van der Waals surface area contributed by atoms with E-state index in [4.69, 9.17) is 4.74 Å². The fraction of sp³-hybridized carbons (Fsp3) is 0.261. The van der Waals surface area contributed by atoms with Crippen LogP contribution < -0.4 is 16.2 Å². The predicted octanol–water partition coefficient (Wildman–Crippen LogP) is 1.72. The zero-order valence-corrected chi connectivity index (χ0v) is 17.7. The van der Waals surface area contributed by atoms with Gasteiger partial charge >= 0.3 is 0 Å². The first-order chi connectivity index (χ1) is 15.4. The average Bonchev–Trinajstić information content (AvgIpc) is 3.16. The number of aliphatic hydroxyl groups is 1. The van der Waals surface area contributed by atoms with Crippen molar-refractivity contribution in [3.05, 3.63) is 75.1 Å². The Balaban J connectivity index is 1.98. The molecule has 0 bridgehead atoms. The number of ether oxygens (including phenoxy) is 1. The zero-order chi connectivity index (χ0) is 23.0. The summed E-state index contributed by atoms with van der Waals surface area (Å²) in [5, 5.41) is 17.1. The number of aliphatic hydroxyl groups excluding tert-OH is 1. The molecule has 1 aliphatic heterocycles. The van der Waals surface area contributed by atoms with Gasteiger partial charge < -0.3 is 29.8 Å². The lowest BCUT2D eigenvalue weighted by Crippen LogP contribution is -2.26. The van der Waals surface area contributed by atoms with Crippen LogP contribution in [0.25, 0.3) is 22.3 Å². The summed E-state index contributed by atoms with van der Waals surface area (Å²) in [7, 11) is 3.18. The predicted molar refractivity (Wildman–Crippen MR) is 117 cm³/mol. The Morgan fingerprint density at radius 2 is 2.19 bits per heavy atom. The van der Waals surface area contributed by atoms with E-state index in [0.29, 0.717) is 35.6 Å². The third kappa shape index (κ3) is 3.55. The first-order valence-corrected chi connectivity index (χ1v) is 10.00. The molecule has 3 aromatic rings. The molecule has 3 heterocycles. The van der Waals surface area contributed by atoms with Gasteiger partial charge in [0.2, 0.25) is 0 Å². The molecule has 0 amide bonds. The van der Waals surface area contributed by atoms with Gasteiger partial charge in [0, 0.05) is 48.8 Å². The number of nitrogens with one attached hydrogen (secondary N) is 2. The number of carbonyl (C=O) groups excluding carboxylic acids is 1. The number of rotatable bonds is 8. The number of aldehydes is 1. The van der Waals surface area contributed by atoms with E-state index in [1.165, 1.54) is 19.2 Å². The van der Waals surface area contributed by atoms with Gasteiger partial charge in [-0.1, -0.05) is 6.58 Å². The molecule has 1 unspecified atom stereocenters. The molecule has 0 fully saturated rings. The van der Waals surface area contributed by atoms with Gasteiger partial charge in [-0.2, -0.15) is 0 Å². The number of halogens is 1. The van der Waals surface area contributed by atoms with E-state index in [1.54, 1.807) is 23.7 Å². The molecule has 166 valence electrons. The fourth-order valence-electron chi connectivity index (χ4n) is 4.06. The van der Waals surface area contributed by atoms with Crippen LogP contribution in [0.3, 0.4) is 0 Å². The second-order valence-corrected chi connectivity index (χ2v) is 7.53. The number of nitrogens with zero attached hydrogens (tertiary/aromatic N) is 2. The van der Waals surface area contributed by atoms with E-state index in [-0.39, 0.29) is 29.8 Å². The number of hydrogen-bond acceptors (Lipinski definition) is 7. The summed E-state index contributed by atoms with van der Waals surface area (Å²) in [5.41, 5.74) is 3.09. The number of hydrogen-bond donors (Lipinski definition) is 3. The molecule has 2 aromatic heterocycles. The molecule has 1 aliphatic rings. The third-order valence-electron chi connectivity index (χ3n) is 5.68. The Morgan fingerprint density at radius 1 is 1.41 bits per heavy atom. The molecule has 0 saturated carbocycles. The highest BCUT2D eigenvalue weighted by molar-refractivity contribution is 5.88. The highest BCUT2D eigenvalue weighted by Crippen LogP contribution is 2.37. The molecule has 0 spiro atoms. The first kappa shape index (κ1) is 21.7. The second kappa shape index (κ2) is 8.52. The summed E-state index contributed by atoms with van der Waals surface area (Å²) in [4.78, 5) is 29.2. The van der Waals surface area contributed by atoms with Gasteiger partial charge in [0.15, 0.2) is 6.29 Å². The minimum absolute atomic E-state index is 0.0489. The van der Waals surface area contributed by atoms with Crippen LogP contribution in [-0.2, 0) is 29.2 Å². The lowest BCUT2D eigenvalue weighted by molar-refractivity contribution is -0.115. The smallest absolute Gasteiger partial charge is 0.257 e. The first-order valence-electron chi connectivity index (χ1n) is 10.00. The van der Waals surface area contributed by atoms with Gasteiger partial charge in [0.25, 0.3) is 5.56 Å². The van der Waals surface area contributed by atoms with E-state index < -0.39 is 11.9 Å². The Morgan fingerprint density at radius 3 is 2.88 bits per heavy atom. The largest absolute Gasteiger partial charge is 0.381 e. The van der Waals surface area contributed by atoms with Crippen LogP contribution in [0.5, 0.6) is 0 Å². The van der Waals surface area contributed by atoms with Crippen LogP contribution in [0.1, 0.15) is 28.4 Å². The Labute approximate surface area is 183 Å². The highest BCUT2D eigenvalue weighted by atomic mass is 19.1. The van der Waals surface area contributed by atoms with Crippen molar-refractivity contribution in [3.63, 3.8) is 0 Å². The summed E-state index contributed by atoms with van der Waals surface area (Å²) in [6.45, 7) is 4.46. The number of benzene rings is 1. The monoisotopic (exact) mass is 438 g/mol. The van der Waals surface area contributed by atoms with E-state index in [0.717, 1.165) is 16.5 Å². The minimum Gasteiger partial charge on any atom is -0.381 e. The molecular formula is C23H23FN4O4. The molecule has 3 N–H and O–H groups in total. The van der Waals surface area contributed by atoms with Gasteiger partial charge in [0.1, 0.15) is 11.9 Å². The second-order valence-electron chi connectivity index (χ2n) is 7.53. The number of aromatic nitrogens is 2. The standard InChI is InChI=1S/C23H23FN4O4/c1-12(25-2)26-8-16-14-5-4-13(24)6-19(14)27-22-17(16)9-28-20(22)7-15(21(30)10-29)18(11-32-3)23(28)31/h4-7,10,21,25-26,30H,1,8-9,11H2,2-3H3. The van der Waals surface area contributed by atoms with Crippen LogP contribution >= 0.6 is 0 Å². The van der Waals surface area contributed by atoms with Crippen LogP contribution in [0.2, 0.25) is 0 Å². The van der Waals surface area contributed by atoms with Crippen molar-refractivity contribution < 1.29 is 19.0 Å². The van der Waals surface area contributed by atoms with Gasteiger partial charge in [-0.25, -0.2) is 9.37 Å². The van der Waals surface area contributed by atoms with Crippen molar-refractivity contribution in [3.8, 4) is 11.4 Å². The maximum absolute atomic E-state index is 14.0. The molecule has 0 saturated heterocycles. The molecule has 4 rings (SSSR count). The van der Waals surface area contributed by atoms with E-state index in [1.807, 2.05) is 0 Å². The Kier molecular flexibility index (Phi) is 5.77. The number of fused-ring (bicyclic) bond motifs is 4. The van der Waals surface area contributed by atoms with Gasteiger partial charge in [-0.15, -0.1) is 0 Å². The van der Waals surface area contributed by atoms with Crippen molar-refractivity contribution in [2.75, 3.05) is 14.2 Å². The number of pyridine rings is 2. The highest BCUT2D eigenvalue weighted by Gasteiger charge is 2.29. The topological polar surface area (TPSA) is 105 Å². The summed E-state index contributed by atoms with van der Waals surface area (Å²) >= 11 is 0. The average molecular weight is 438 g/mol. The van der Waals surface area contributed by atoms with Crippen molar-refractivity contribution in [2.24, 2.45) is 0 Å². The number of methoxy groups -OCH3 is 1. The molecule has 0 aliphatic carbocycles. The molecule has 1 aromatic carbocycles. The summed E-state index contributed by atoms with van der Waals surface area (Å²) in [5.74, 6) is 0.184. The zero-order valence-electron chi connectivity index (χ0n) is 17.7. The van der Waals surface area contributed by atoms with Crippen molar-refractivity contribution in [2.45, 2.75) is 25.8 Å². The van der Waals surface area contributed by atoms with Crippen LogP contribution in [-0.4, -0.2) is 35.1 Å². The van der Waals surface area contributed by atoms with Crippen LogP contribution in [0.4, 0.5) is 4.39 Å². The molecule has 0 radical (unpaired) electrons. The fourth-order valence-corrected chi connectivity index (χ4v) is 4.06.